The number of rotatable bonds is 5. The Morgan fingerprint density at radius 1 is 1.14 bits per heavy atom. The van der Waals surface area contributed by atoms with Crippen molar-refractivity contribution >= 4 is 33.4 Å². The molecule has 0 spiro atoms. The average molecular weight is 407 g/mol. The fraction of sp³-hybridized carbons (Fsp3) is 0.227. The number of benzene rings is 2. The largest absolute Gasteiger partial charge is 0.328 e. The summed E-state index contributed by atoms with van der Waals surface area (Å²) in [4.78, 5) is 29.4. The van der Waals surface area contributed by atoms with Gasteiger partial charge in [-0.15, -0.1) is 11.3 Å². The number of carbonyl (C=O) groups is 1. The lowest BCUT2D eigenvalue weighted by atomic mass is 10.0. The van der Waals surface area contributed by atoms with Crippen LogP contribution in [-0.2, 0) is 18.4 Å². The van der Waals surface area contributed by atoms with Crippen LogP contribution in [0, 0.1) is 13.8 Å². The van der Waals surface area contributed by atoms with Gasteiger partial charge in [0.15, 0.2) is 5.13 Å². The van der Waals surface area contributed by atoms with Crippen molar-refractivity contribution in [1.82, 2.24) is 14.1 Å². The minimum atomic E-state index is -0.161. The van der Waals surface area contributed by atoms with Crippen molar-refractivity contribution in [2.24, 2.45) is 7.05 Å². The maximum Gasteiger partial charge on any atom is 0.328 e. The van der Waals surface area contributed by atoms with E-state index in [1.165, 1.54) is 16.9 Å². The van der Waals surface area contributed by atoms with Crippen molar-refractivity contribution in [2.45, 2.75) is 26.8 Å². The number of aryl methyl sites for hydroxylation is 4. The highest BCUT2D eigenvalue weighted by atomic mass is 32.1. The Hall–Kier alpha value is -3.19. The topological polar surface area (TPSA) is 68.9 Å². The van der Waals surface area contributed by atoms with E-state index in [4.69, 9.17) is 0 Å². The normalized spacial score (nSPS) is 11.1. The molecule has 0 saturated carbocycles. The average Bonchev–Trinajstić information content (AvgIpc) is 3.24. The zero-order valence-electron chi connectivity index (χ0n) is 16.6. The molecule has 0 fully saturated rings. The molecule has 4 rings (SSSR count). The Bertz CT molecular complexity index is 1270. The van der Waals surface area contributed by atoms with Gasteiger partial charge in [-0.2, -0.15) is 0 Å². The van der Waals surface area contributed by atoms with Gasteiger partial charge >= 0.3 is 5.69 Å². The summed E-state index contributed by atoms with van der Waals surface area (Å²) in [6, 6.07) is 13.8. The Labute approximate surface area is 172 Å². The van der Waals surface area contributed by atoms with E-state index >= 15 is 0 Å². The maximum absolute atomic E-state index is 12.5. The summed E-state index contributed by atoms with van der Waals surface area (Å²) in [5.74, 6) is -0.161. The van der Waals surface area contributed by atoms with Crippen LogP contribution in [0.2, 0.25) is 0 Å². The van der Waals surface area contributed by atoms with E-state index in [0.29, 0.717) is 11.7 Å². The van der Waals surface area contributed by atoms with E-state index in [0.717, 1.165) is 27.9 Å². The third-order valence-electron chi connectivity index (χ3n) is 5.02. The molecule has 0 aliphatic carbocycles. The first-order chi connectivity index (χ1) is 13.9. The van der Waals surface area contributed by atoms with Gasteiger partial charge in [-0.1, -0.05) is 35.9 Å². The van der Waals surface area contributed by atoms with Crippen LogP contribution in [-0.4, -0.2) is 20.0 Å². The Morgan fingerprint density at radius 3 is 2.66 bits per heavy atom. The number of hydrogen-bond donors (Lipinski definition) is 1. The second-order valence-electron chi connectivity index (χ2n) is 7.14. The third-order valence-corrected chi connectivity index (χ3v) is 5.78. The molecule has 0 bridgehead atoms. The number of thiazole rings is 1. The number of amides is 1. The van der Waals surface area contributed by atoms with Crippen LogP contribution in [0.25, 0.3) is 22.3 Å². The number of carbonyl (C=O) groups excluding carboxylic acids is 1. The Morgan fingerprint density at radius 2 is 1.90 bits per heavy atom. The standard InChI is InChI=1S/C22H22N4O2S/c1-14-8-9-16(15(2)12-14)17-13-29-21(23-17)24-20(27)10-11-26-19-7-5-4-6-18(19)25(3)22(26)28/h4-9,12-13H,10-11H2,1-3H3,(H,23,24,27). The first-order valence-electron chi connectivity index (χ1n) is 9.41. The maximum atomic E-state index is 12.5. The summed E-state index contributed by atoms with van der Waals surface area (Å²) in [7, 11) is 1.74. The molecule has 1 N–H and O–H groups in total. The molecule has 0 unspecified atom stereocenters. The van der Waals surface area contributed by atoms with Gasteiger partial charge in [0, 0.05) is 31.0 Å². The van der Waals surface area contributed by atoms with Gasteiger partial charge in [0.25, 0.3) is 0 Å². The molecular weight excluding hydrogens is 384 g/mol. The second kappa shape index (κ2) is 7.67. The quantitative estimate of drug-likeness (QED) is 0.542. The van der Waals surface area contributed by atoms with Crippen molar-refractivity contribution in [1.29, 1.82) is 0 Å². The summed E-state index contributed by atoms with van der Waals surface area (Å²) in [5, 5.41) is 5.37. The van der Waals surface area contributed by atoms with Crippen LogP contribution >= 0.6 is 11.3 Å². The summed E-state index contributed by atoms with van der Waals surface area (Å²) in [6.45, 7) is 4.44. The highest BCUT2D eigenvalue weighted by Crippen LogP contribution is 2.28. The zero-order valence-corrected chi connectivity index (χ0v) is 17.4. The number of aromatic nitrogens is 3. The van der Waals surface area contributed by atoms with E-state index < -0.39 is 0 Å². The number of hydrogen-bond acceptors (Lipinski definition) is 4. The highest BCUT2D eigenvalue weighted by molar-refractivity contribution is 7.14. The monoisotopic (exact) mass is 406 g/mol. The molecule has 0 atom stereocenters. The van der Waals surface area contributed by atoms with Crippen LogP contribution in [0.4, 0.5) is 5.13 Å². The van der Waals surface area contributed by atoms with Crippen molar-refractivity contribution in [3.63, 3.8) is 0 Å². The van der Waals surface area contributed by atoms with Crippen LogP contribution < -0.4 is 11.0 Å². The molecule has 6 nitrogen and oxygen atoms in total. The van der Waals surface area contributed by atoms with Gasteiger partial charge in [-0.3, -0.25) is 13.9 Å². The van der Waals surface area contributed by atoms with Gasteiger partial charge in [0.05, 0.1) is 16.7 Å². The molecule has 0 saturated heterocycles. The molecule has 2 aromatic heterocycles. The van der Waals surface area contributed by atoms with Crippen LogP contribution in [0.15, 0.2) is 52.6 Å². The van der Waals surface area contributed by atoms with Crippen molar-refractivity contribution in [3.05, 3.63) is 69.5 Å². The second-order valence-corrected chi connectivity index (χ2v) is 7.99. The zero-order chi connectivity index (χ0) is 20.5. The highest BCUT2D eigenvalue weighted by Gasteiger charge is 2.13. The molecular formula is C22H22N4O2S. The fourth-order valence-corrected chi connectivity index (χ4v) is 4.26. The number of anilines is 1. The third kappa shape index (κ3) is 3.73. The molecule has 29 heavy (non-hydrogen) atoms. The van der Waals surface area contributed by atoms with E-state index in [2.05, 4.69) is 42.3 Å². The fourth-order valence-electron chi connectivity index (χ4n) is 3.53. The molecule has 4 aromatic rings. The predicted molar refractivity (Wildman–Crippen MR) is 117 cm³/mol. The molecule has 0 aliphatic rings. The van der Waals surface area contributed by atoms with Crippen LogP contribution in [0.5, 0.6) is 0 Å². The smallest absolute Gasteiger partial charge is 0.302 e. The molecule has 148 valence electrons. The van der Waals surface area contributed by atoms with Gasteiger partial charge in [0.1, 0.15) is 0 Å². The summed E-state index contributed by atoms with van der Waals surface area (Å²) in [6.07, 6.45) is 0.201. The lowest BCUT2D eigenvalue weighted by Gasteiger charge is -2.05. The van der Waals surface area contributed by atoms with Crippen LogP contribution in [0.1, 0.15) is 17.5 Å². The Balaban J connectivity index is 1.46. The van der Waals surface area contributed by atoms with Crippen LogP contribution in [0.3, 0.4) is 0 Å². The van der Waals surface area contributed by atoms with Crippen molar-refractivity contribution < 1.29 is 4.79 Å². The molecule has 1 amide bonds. The molecule has 7 heteroatoms. The van der Waals surface area contributed by atoms with Gasteiger partial charge < -0.3 is 5.32 Å². The van der Waals surface area contributed by atoms with Gasteiger partial charge in [0.2, 0.25) is 5.91 Å². The summed E-state index contributed by atoms with van der Waals surface area (Å²) in [5.41, 5.74) is 5.85. The van der Waals surface area contributed by atoms with E-state index in [-0.39, 0.29) is 18.0 Å². The number of imidazole rings is 1. The van der Waals surface area contributed by atoms with E-state index in [9.17, 15) is 9.59 Å². The van der Waals surface area contributed by atoms with Crippen molar-refractivity contribution in [3.8, 4) is 11.3 Å². The molecule has 2 aromatic carbocycles. The number of para-hydroxylation sites is 2. The number of nitrogens with one attached hydrogen (secondary N) is 1. The lowest BCUT2D eigenvalue weighted by molar-refractivity contribution is -0.116. The summed E-state index contributed by atoms with van der Waals surface area (Å²) >= 11 is 1.40. The van der Waals surface area contributed by atoms with E-state index in [1.807, 2.05) is 29.6 Å². The predicted octanol–water partition coefficient (Wildman–Crippen LogP) is 4.11. The number of nitrogens with zero attached hydrogens (tertiary/aromatic N) is 3. The minimum Gasteiger partial charge on any atom is -0.302 e. The van der Waals surface area contributed by atoms with Gasteiger partial charge in [-0.25, -0.2) is 9.78 Å². The van der Waals surface area contributed by atoms with Gasteiger partial charge in [-0.05, 0) is 31.5 Å². The molecule has 0 aliphatic heterocycles. The molecule has 0 radical (unpaired) electrons. The lowest BCUT2D eigenvalue weighted by Crippen LogP contribution is -2.24. The first kappa shape index (κ1) is 19.1. The van der Waals surface area contributed by atoms with Crippen molar-refractivity contribution in [2.75, 3.05) is 5.32 Å². The SMILES string of the molecule is Cc1ccc(-c2csc(NC(=O)CCn3c(=O)n(C)c4ccccc43)n2)c(C)c1. The minimum absolute atomic E-state index is 0.120. The summed E-state index contributed by atoms with van der Waals surface area (Å²) < 4.78 is 3.24. The molecule has 2 heterocycles. The first-order valence-corrected chi connectivity index (χ1v) is 10.3. The Kier molecular flexibility index (Phi) is 5.07. The van der Waals surface area contributed by atoms with E-state index in [1.54, 1.807) is 16.2 Å². The number of fused-ring (bicyclic) bond motifs is 1.